The Morgan fingerprint density at radius 1 is 1.04 bits per heavy atom. The van der Waals surface area contributed by atoms with Crippen molar-refractivity contribution in [3.63, 3.8) is 0 Å². The summed E-state index contributed by atoms with van der Waals surface area (Å²) in [5, 5.41) is 20.7. The molecule has 0 unspecified atom stereocenters. The average Bonchev–Trinajstić information content (AvgIpc) is 2.56. The van der Waals surface area contributed by atoms with Gasteiger partial charge in [0.15, 0.2) is 0 Å². The molecule has 0 amide bonds. The summed E-state index contributed by atoms with van der Waals surface area (Å²) >= 11 is 0. The van der Waals surface area contributed by atoms with Gasteiger partial charge in [-0.3, -0.25) is 0 Å². The van der Waals surface area contributed by atoms with Crippen molar-refractivity contribution >= 4 is 18.1 Å². The first-order valence-electron chi connectivity index (χ1n) is 8.12. The molecule has 0 aliphatic carbocycles. The maximum absolute atomic E-state index is 10.4. The smallest absolute Gasteiger partial charge is 0.122 e. The van der Waals surface area contributed by atoms with E-state index in [0.717, 1.165) is 24.3 Å². The van der Waals surface area contributed by atoms with Gasteiger partial charge < -0.3 is 20.8 Å². The van der Waals surface area contributed by atoms with Gasteiger partial charge in [0.2, 0.25) is 0 Å². The van der Waals surface area contributed by atoms with Crippen LogP contribution in [0, 0.1) is 0 Å². The number of hydrogen-bond acceptors (Lipinski definition) is 4. The van der Waals surface area contributed by atoms with Crippen molar-refractivity contribution < 1.29 is 10.2 Å². The molecule has 2 atom stereocenters. The lowest BCUT2D eigenvalue weighted by Crippen LogP contribution is -2.28. The molecule has 132 valence electrons. The Hall–Kier alpha value is -1.75. The van der Waals surface area contributed by atoms with E-state index in [9.17, 15) is 10.2 Å². The number of aliphatic hydroxyl groups is 1. The van der Waals surface area contributed by atoms with Crippen LogP contribution in [0.1, 0.15) is 31.0 Å². The summed E-state index contributed by atoms with van der Waals surface area (Å²) in [6.07, 6.45) is -0.290. The molecule has 0 bridgehead atoms. The molecular formula is C19H27ClN2O2. The lowest BCUT2D eigenvalue weighted by atomic mass is 9.96. The summed E-state index contributed by atoms with van der Waals surface area (Å²) in [6.45, 7) is 5.89. The van der Waals surface area contributed by atoms with Crippen molar-refractivity contribution in [2.75, 3.05) is 18.0 Å². The molecule has 5 heteroatoms. The topological polar surface area (TPSA) is 69.7 Å². The first kappa shape index (κ1) is 20.3. The van der Waals surface area contributed by atoms with Gasteiger partial charge in [0.1, 0.15) is 5.75 Å². The Labute approximate surface area is 150 Å². The zero-order valence-corrected chi connectivity index (χ0v) is 15.0. The molecule has 0 spiro atoms. The van der Waals surface area contributed by atoms with E-state index in [1.165, 1.54) is 0 Å². The Kier molecular flexibility index (Phi) is 8.05. The highest BCUT2D eigenvalue weighted by Gasteiger charge is 2.21. The van der Waals surface area contributed by atoms with Gasteiger partial charge >= 0.3 is 0 Å². The molecule has 4 nitrogen and oxygen atoms in total. The van der Waals surface area contributed by atoms with E-state index in [4.69, 9.17) is 5.73 Å². The van der Waals surface area contributed by atoms with Crippen molar-refractivity contribution in [1.82, 2.24) is 0 Å². The fourth-order valence-corrected chi connectivity index (χ4v) is 2.79. The lowest BCUT2D eigenvalue weighted by Gasteiger charge is -2.24. The number of hydrogen-bond donors (Lipinski definition) is 3. The number of anilines is 1. The number of rotatable bonds is 7. The van der Waals surface area contributed by atoms with E-state index >= 15 is 0 Å². The molecule has 0 saturated heterocycles. The highest BCUT2D eigenvalue weighted by molar-refractivity contribution is 5.85. The second-order valence-corrected chi connectivity index (χ2v) is 5.70. The van der Waals surface area contributed by atoms with Crippen molar-refractivity contribution in [3.05, 3.63) is 59.7 Å². The molecule has 0 radical (unpaired) electrons. The van der Waals surface area contributed by atoms with Crippen LogP contribution in [-0.2, 0) is 6.42 Å². The third kappa shape index (κ3) is 4.87. The number of phenolic OH excluding ortho intramolecular Hbond substituents is 1. The molecule has 2 aromatic carbocycles. The summed E-state index contributed by atoms with van der Waals surface area (Å²) in [4.78, 5) is 2.15. The number of halogens is 1. The Morgan fingerprint density at radius 2 is 1.67 bits per heavy atom. The van der Waals surface area contributed by atoms with E-state index in [1.54, 1.807) is 6.07 Å². The van der Waals surface area contributed by atoms with Crippen LogP contribution in [0.2, 0.25) is 0 Å². The number of aliphatic hydroxyl groups excluding tert-OH is 1. The van der Waals surface area contributed by atoms with Gasteiger partial charge in [0.05, 0.1) is 12.1 Å². The first-order chi connectivity index (χ1) is 11.1. The summed E-state index contributed by atoms with van der Waals surface area (Å²) < 4.78 is 0. The number of phenols is 1. The first-order valence-corrected chi connectivity index (χ1v) is 8.12. The van der Waals surface area contributed by atoms with Gasteiger partial charge in [0.25, 0.3) is 0 Å². The van der Waals surface area contributed by atoms with Crippen molar-refractivity contribution in [2.45, 2.75) is 32.4 Å². The zero-order valence-electron chi connectivity index (χ0n) is 14.2. The molecule has 24 heavy (non-hydrogen) atoms. The van der Waals surface area contributed by atoms with Gasteiger partial charge in [-0.1, -0.05) is 36.4 Å². The van der Waals surface area contributed by atoms with E-state index in [-0.39, 0.29) is 18.2 Å². The third-order valence-corrected chi connectivity index (χ3v) is 4.20. The summed E-state index contributed by atoms with van der Waals surface area (Å²) in [7, 11) is 0. The molecule has 0 saturated carbocycles. The molecule has 0 heterocycles. The minimum atomic E-state index is -0.748. The summed E-state index contributed by atoms with van der Waals surface area (Å²) in [5.74, 6) is 0.133. The van der Waals surface area contributed by atoms with Crippen LogP contribution < -0.4 is 10.6 Å². The molecule has 4 N–H and O–H groups in total. The third-order valence-electron chi connectivity index (χ3n) is 4.20. The molecule has 0 aromatic heterocycles. The quantitative estimate of drug-likeness (QED) is 0.716. The van der Waals surface area contributed by atoms with Gasteiger partial charge in [-0.05, 0) is 25.5 Å². The molecule has 2 rings (SSSR count). The predicted molar refractivity (Wildman–Crippen MR) is 102 cm³/mol. The van der Waals surface area contributed by atoms with Crippen molar-refractivity contribution in [2.24, 2.45) is 5.73 Å². The normalized spacial score (nSPS) is 13.0. The van der Waals surface area contributed by atoms with Gasteiger partial charge in [-0.25, -0.2) is 0 Å². The monoisotopic (exact) mass is 350 g/mol. The van der Waals surface area contributed by atoms with Crippen LogP contribution in [0.15, 0.2) is 48.5 Å². The molecule has 0 aliphatic heterocycles. The van der Waals surface area contributed by atoms with Crippen LogP contribution in [-0.4, -0.2) is 29.4 Å². The lowest BCUT2D eigenvalue weighted by molar-refractivity contribution is 0.144. The van der Waals surface area contributed by atoms with Crippen LogP contribution >= 0.6 is 12.4 Å². The molecule has 0 aliphatic rings. The van der Waals surface area contributed by atoms with Crippen LogP contribution in [0.4, 0.5) is 5.69 Å². The summed E-state index contributed by atoms with van der Waals surface area (Å²) in [5.41, 5.74) is 8.71. The second-order valence-electron chi connectivity index (χ2n) is 5.70. The van der Waals surface area contributed by atoms with Crippen LogP contribution in [0.5, 0.6) is 5.75 Å². The van der Waals surface area contributed by atoms with E-state index in [2.05, 4.69) is 18.7 Å². The SMILES string of the molecule is CCN(CC)c1ccc([C@H](N)[C@H](O)Cc2ccccc2)c(O)c1.Cl. The van der Waals surface area contributed by atoms with E-state index in [1.807, 2.05) is 42.5 Å². The van der Waals surface area contributed by atoms with Crippen molar-refractivity contribution in [3.8, 4) is 5.75 Å². The zero-order chi connectivity index (χ0) is 16.8. The van der Waals surface area contributed by atoms with Crippen molar-refractivity contribution in [1.29, 1.82) is 0 Å². The fraction of sp³-hybridized carbons (Fsp3) is 0.368. The molecular weight excluding hydrogens is 324 g/mol. The van der Waals surface area contributed by atoms with E-state index in [0.29, 0.717) is 12.0 Å². The standard InChI is InChI=1S/C19H26N2O2.ClH/c1-3-21(4-2)15-10-11-16(17(22)13-15)19(20)18(23)12-14-8-6-5-7-9-14;/h5-11,13,18-19,22-23H,3-4,12,20H2,1-2H3;1H/t18-,19+;/m1./s1. The molecule has 2 aromatic rings. The minimum Gasteiger partial charge on any atom is -0.508 e. The number of benzene rings is 2. The Balaban J connectivity index is 0.00000288. The van der Waals surface area contributed by atoms with Crippen LogP contribution in [0.25, 0.3) is 0 Å². The van der Waals surface area contributed by atoms with Gasteiger partial charge in [0, 0.05) is 36.8 Å². The highest BCUT2D eigenvalue weighted by Crippen LogP contribution is 2.30. The summed E-state index contributed by atoms with van der Waals surface area (Å²) in [6, 6.07) is 14.6. The maximum atomic E-state index is 10.4. The number of aromatic hydroxyl groups is 1. The van der Waals surface area contributed by atoms with Gasteiger partial charge in [-0.15, -0.1) is 12.4 Å². The second kappa shape index (κ2) is 9.52. The molecule has 0 fully saturated rings. The van der Waals surface area contributed by atoms with Gasteiger partial charge in [-0.2, -0.15) is 0 Å². The highest BCUT2D eigenvalue weighted by atomic mass is 35.5. The largest absolute Gasteiger partial charge is 0.508 e. The Morgan fingerprint density at radius 3 is 2.21 bits per heavy atom. The number of nitrogens with zero attached hydrogens (tertiary/aromatic N) is 1. The Bertz CT molecular complexity index is 618. The average molecular weight is 351 g/mol. The fourth-order valence-electron chi connectivity index (χ4n) is 2.79. The van der Waals surface area contributed by atoms with E-state index < -0.39 is 12.1 Å². The minimum absolute atomic E-state index is 0. The predicted octanol–water partition coefficient (Wildman–Crippen LogP) is 3.26. The van der Waals surface area contributed by atoms with Crippen LogP contribution in [0.3, 0.4) is 0 Å². The number of nitrogens with two attached hydrogens (primary N) is 1. The maximum Gasteiger partial charge on any atom is 0.122 e.